The van der Waals surface area contributed by atoms with Gasteiger partial charge in [-0.15, -0.1) is 11.3 Å². The molecule has 0 spiro atoms. The first-order valence-electron chi connectivity index (χ1n) is 4.91. The minimum Gasteiger partial charge on any atom is -0.481 e. The first kappa shape index (κ1) is 12.1. The summed E-state index contributed by atoms with van der Waals surface area (Å²) >= 11 is 2.82. The van der Waals surface area contributed by atoms with Gasteiger partial charge in [-0.2, -0.15) is 0 Å². The quantitative estimate of drug-likeness (QED) is 0.839. The van der Waals surface area contributed by atoms with Crippen LogP contribution in [-0.4, -0.2) is 31.4 Å². The van der Waals surface area contributed by atoms with Crippen LogP contribution in [0.2, 0.25) is 0 Å². The van der Waals surface area contributed by atoms with Crippen LogP contribution >= 0.6 is 23.1 Å². The van der Waals surface area contributed by atoms with E-state index in [0.29, 0.717) is 6.54 Å². The first-order chi connectivity index (χ1) is 8.16. The van der Waals surface area contributed by atoms with Crippen molar-refractivity contribution in [2.75, 3.05) is 5.75 Å². The Labute approximate surface area is 107 Å². The summed E-state index contributed by atoms with van der Waals surface area (Å²) in [7, 11) is 0. The van der Waals surface area contributed by atoms with Crippen molar-refractivity contribution in [2.24, 2.45) is 0 Å². The molecule has 0 aromatic carbocycles. The smallest absolute Gasteiger partial charge is 0.313 e. The predicted molar refractivity (Wildman–Crippen MR) is 66.5 cm³/mol. The Balaban J connectivity index is 2.09. The highest BCUT2D eigenvalue weighted by Gasteiger charge is 2.09. The molecule has 0 aliphatic carbocycles. The standard InChI is InChI=1S/C10H11N3O2S2/c1-7-8(17-6-12-7)4-13-3-2-11-10(13)16-5-9(14)15/h2-3,6H,4-5H2,1H3,(H,14,15). The lowest BCUT2D eigenvalue weighted by Crippen LogP contribution is -2.03. The summed E-state index contributed by atoms with van der Waals surface area (Å²) in [6.45, 7) is 2.66. The molecule has 5 nitrogen and oxygen atoms in total. The molecule has 0 bridgehead atoms. The number of aryl methyl sites for hydroxylation is 1. The van der Waals surface area contributed by atoms with E-state index >= 15 is 0 Å². The van der Waals surface area contributed by atoms with Crippen molar-refractivity contribution < 1.29 is 9.90 Å². The van der Waals surface area contributed by atoms with E-state index in [1.807, 2.05) is 23.2 Å². The number of imidazole rings is 1. The lowest BCUT2D eigenvalue weighted by atomic mass is 10.4. The maximum absolute atomic E-state index is 10.5. The SMILES string of the molecule is Cc1ncsc1Cn1ccnc1SCC(=O)O. The lowest BCUT2D eigenvalue weighted by Gasteiger charge is -2.05. The van der Waals surface area contributed by atoms with Gasteiger partial charge < -0.3 is 9.67 Å². The van der Waals surface area contributed by atoms with Crippen LogP contribution < -0.4 is 0 Å². The second-order valence-corrected chi connectivity index (χ2v) is 5.26. The Morgan fingerprint density at radius 3 is 3.06 bits per heavy atom. The predicted octanol–water partition coefficient (Wildman–Crippen LogP) is 1.87. The number of thioether (sulfide) groups is 1. The number of carbonyl (C=O) groups is 1. The summed E-state index contributed by atoms with van der Waals surface area (Å²) in [5, 5.41) is 9.36. The van der Waals surface area contributed by atoms with Crippen molar-refractivity contribution in [1.82, 2.24) is 14.5 Å². The molecule has 2 aromatic heterocycles. The third-order valence-corrected chi connectivity index (χ3v) is 4.07. The number of carboxylic acids is 1. The van der Waals surface area contributed by atoms with E-state index in [2.05, 4.69) is 9.97 Å². The second kappa shape index (κ2) is 5.33. The molecule has 17 heavy (non-hydrogen) atoms. The van der Waals surface area contributed by atoms with Gasteiger partial charge >= 0.3 is 5.97 Å². The largest absolute Gasteiger partial charge is 0.481 e. The van der Waals surface area contributed by atoms with Crippen LogP contribution in [0.5, 0.6) is 0 Å². The van der Waals surface area contributed by atoms with E-state index in [-0.39, 0.29) is 5.75 Å². The molecule has 7 heteroatoms. The average molecular weight is 269 g/mol. The third-order valence-electron chi connectivity index (χ3n) is 2.16. The molecular weight excluding hydrogens is 258 g/mol. The van der Waals surface area contributed by atoms with E-state index in [4.69, 9.17) is 5.11 Å². The molecule has 2 aromatic rings. The van der Waals surface area contributed by atoms with Crippen molar-refractivity contribution in [3.8, 4) is 0 Å². The third kappa shape index (κ3) is 3.07. The van der Waals surface area contributed by atoms with Gasteiger partial charge in [0.15, 0.2) is 5.16 Å². The molecule has 0 radical (unpaired) electrons. The van der Waals surface area contributed by atoms with Crippen LogP contribution in [0, 0.1) is 6.92 Å². The van der Waals surface area contributed by atoms with Crippen LogP contribution in [0.25, 0.3) is 0 Å². The Hall–Kier alpha value is -1.34. The van der Waals surface area contributed by atoms with Crippen molar-refractivity contribution in [3.63, 3.8) is 0 Å². The van der Waals surface area contributed by atoms with Gasteiger partial charge in [0, 0.05) is 17.3 Å². The summed E-state index contributed by atoms with van der Waals surface area (Å²) < 4.78 is 1.94. The topological polar surface area (TPSA) is 68.0 Å². The molecule has 1 N–H and O–H groups in total. The number of aromatic nitrogens is 3. The van der Waals surface area contributed by atoms with Crippen LogP contribution in [0.1, 0.15) is 10.6 Å². The average Bonchev–Trinajstić information content (AvgIpc) is 2.87. The minimum absolute atomic E-state index is 0.0265. The molecule has 0 atom stereocenters. The molecule has 2 heterocycles. The van der Waals surface area contributed by atoms with Gasteiger partial charge in [-0.05, 0) is 6.92 Å². The Morgan fingerprint density at radius 2 is 2.41 bits per heavy atom. The van der Waals surface area contributed by atoms with Gasteiger partial charge in [-0.1, -0.05) is 11.8 Å². The Kier molecular flexibility index (Phi) is 3.80. The van der Waals surface area contributed by atoms with E-state index in [1.165, 1.54) is 16.6 Å². The molecule has 0 amide bonds. The fourth-order valence-electron chi connectivity index (χ4n) is 1.31. The molecule has 0 fully saturated rings. The van der Waals surface area contributed by atoms with Crippen molar-refractivity contribution >= 4 is 29.1 Å². The van der Waals surface area contributed by atoms with Crippen LogP contribution in [0.3, 0.4) is 0 Å². The van der Waals surface area contributed by atoms with Crippen LogP contribution in [0.4, 0.5) is 0 Å². The number of hydrogen-bond acceptors (Lipinski definition) is 5. The van der Waals surface area contributed by atoms with E-state index in [1.54, 1.807) is 17.5 Å². The normalized spacial score (nSPS) is 10.6. The Bertz CT molecular complexity index is 521. The molecule has 0 aliphatic rings. The van der Waals surface area contributed by atoms with Crippen molar-refractivity contribution in [2.45, 2.75) is 18.6 Å². The number of thiazole rings is 1. The molecule has 90 valence electrons. The number of rotatable bonds is 5. The minimum atomic E-state index is -0.835. The summed E-state index contributed by atoms with van der Waals surface area (Å²) in [6, 6.07) is 0. The van der Waals surface area contributed by atoms with E-state index in [9.17, 15) is 4.79 Å². The summed E-state index contributed by atoms with van der Waals surface area (Å²) in [5.41, 5.74) is 2.82. The molecule has 0 unspecified atom stereocenters. The monoisotopic (exact) mass is 269 g/mol. The van der Waals surface area contributed by atoms with Gasteiger partial charge in [0.25, 0.3) is 0 Å². The van der Waals surface area contributed by atoms with Crippen LogP contribution in [0.15, 0.2) is 23.1 Å². The zero-order chi connectivity index (χ0) is 12.3. The maximum atomic E-state index is 10.5. The van der Waals surface area contributed by atoms with E-state index < -0.39 is 5.97 Å². The number of hydrogen-bond donors (Lipinski definition) is 1. The highest BCUT2D eigenvalue weighted by molar-refractivity contribution is 7.99. The molecule has 2 rings (SSSR count). The first-order valence-corrected chi connectivity index (χ1v) is 6.78. The zero-order valence-corrected chi connectivity index (χ0v) is 10.8. The number of aliphatic carboxylic acids is 1. The lowest BCUT2D eigenvalue weighted by molar-refractivity contribution is -0.133. The van der Waals surface area contributed by atoms with Crippen LogP contribution in [-0.2, 0) is 11.3 Å². The highest BCUT2D eigenvalue weighted by atomic mass is 32.2. The van der Waals surface area contributed by atoms with Gasteiger partial charge in [0.2, 0.25) is 0 Å². The summed E-state index contributed by atoms with van der Waals surface area (Å²) in [4.78, 5) is 20.0. The number of nitrogens with zero attached hydrogens (tertiary/aromatic N) is 3. The molecule has 0 saturated carbocycles. The van der Waals surface area contributed by atoms with Crippen molar-refractivity contribution in [1.29, 1.82) is 0 Å². The Morgan fingerprint density at radius 1 is 1.59 bits per heavy atom. The van der Waals surface area contributed by atoms with Gasteiger partial charge in [0.05, 0.1) is 23.5 Å². The van der Waals surface area contributed by atoms with Gasteiger partial charge in [-0.3, -0.25) is 4.79 Å². The zero-order valence-electron chi connectivity index (χ0n) is 9.16. The van der Waals surface area contributed by atoms with Crippen molar-refractivity contribution in [3.05, 3.63) is 28.5 Å². The van der Waals surface area contributed by atoms with E-state index in [0.717, 1.165) is 10.9 Å². The second-order valence-electron chi connectivity index (χ2n) is 3.38. The summed E-state index contributed by atoms with van der Waals surface area (Å²) in [6.07, 6.45) is 3.53. The molecule has 0 saturated heterocycles. The van der Waals surface area contributed by atoms with Gasteiger partial charge in [-0.25, -0.2) is 9.97 Å². The maximum Gasteiger partial charge on any atom is 0.313 e. The molecule has 0 aliphatic heterocycles. The van der Waals surface area contributed by atoms with Gasteiger partial charge in [0.1, 0.15) is 0 Å². The fraction of sp³-hybridized carbons (Fsp3) is 0.300. The summed E-state index contributed by atoms with van der Waals surface area (Å²) in [5.74, 6) is -0.808. The fourth-order valence-corrected chi connectivity index (χ4v) is 2.77. The number of carboxylic acid groups (broad SMARTS) is 1. The highest BCUT2D eigenvalue weighted by Crippen LogP contribution is 2.19. The molecular formula is C10H11N3O2S2.